The average molecular weight is 396 g/mol. The second-order valence-corrected chi connectivity index (χ2v) is 8.59. The van der Waals surface area contributed by atoms with Gasteiger partial charge in [0, 0.05) is 29.0 Å². The molecule has 0 aliphatic carbocycles. The first-order valence-electron chi connectivity index (χ1n) is 6.72. The Kier molecular flexibility index (Phi) is 6.96. The summed E-state index contributed by atoms with van der Waals surface area (Å²) in [4.78, 5) is 4.24. The van der Waals surface area contributed by atoms with Crippen molar-refractivity contribution in [2.24, 2.45) is 0 Å². The van der Waals surface area contributed by atoms with Crippen LogP contribution in [0.3, 0.4) is 0 Å². The van der Waals surface area contributed by atoms with E-state index in [2.05, 4.69) is 44.8 Å². The molecule has 1 rings (SSSR count). The molecule has 1 aromatic heterocycles. The van der Waals surface area contributed by atoms with Gasteiger partial charge in [0.15, 0.2) is 0 Å². The minimum atomic E-state index is -3.61. The molecular formula is C13H22BrN3O2S2. The Bertz CT molecular complexity index is 567. The van der Waals surface area contributed by atoms with Crippen LogP contribution in [0.5, 0.6) is 0 Å². The SMILES string of the molecule is CCC(CC)(CNS(=O)(=O)c1cc(Br)cnc1NC)SC. The predicted molar refractivity (Wildman–Crippen MR) is 93.5 cm³/mol. The van der Waals surface area contributed by atoms with Crippen molar-refractivity contribution in [1.29, 1.82) is 0 Å². The summed E-state index contributed by atoms with van der Waals surface area (Å²) in [5, 5.41) is 2.81. The number of anilines is 1. The molecule has 0 saturated carbocycles. The molecule has 0 fully saturated rings. The minimum Gasteiger partial charge on any atom is -0.372 e. The lowest BCUT2D eigenvalue weighted by molar-refractivity contribution is 0.522. The first-order valence-corrected chi connectivity index (χ1v) is 10.2. The first-order chi connectivity index (χ1) is 9.84. The lowest BCUT2D eigenvalue weighted by atomic mass is 10.0. The molecule has 21 heavy (non-hydrogen) atoms. The molecule has 8 heteroatoms. The maximum atomic E-state index is 12.5. The van der Waals surface area contributed by atoms with E-state index in [4.69, 9.17) is 0 Å². The summed E-state index contributed by atoms with van der Waals surface area (Å²) in [6.45, 7) is 4.56. The van der Waals surface area contributed by atoms with E-state index in [1.807, 2.05) is 6.26 Å². The van der Waals surface area contributed by atoms with Gasteiger partial charge in [0.2, 0.25) is 10.0 Å². The summed E-state index contributed by atoms with van der Waals surface area (Å²) in [5.41, 5.74) is 0. The van der Waals surface area contributed by atoms with Crippen LogP contribution < -0.4 is 10.0 Å². The Morgan fingerprint density at radius 1 is 1.38 bits per heavy atom. The van der Waals surface area contributed by atoms with E-state index >= 15 is 0 Å². The second kappa shape index (κ2) is 7.80. The molecule has 0 aromatic carbocycles. The molecule has 2 N–H and O–H groups in total. The molecule has 1 heterocycles. The molecule has 0 amide bonds. The van der Waals surface area contributed by atoms with Crippen LogP contribution in [0.15, 0.2) is 21.6 Å². The van der Waals surface area contributed by atoms with E-state index in [1.165, 1.54) is 0 Å². The topological polar surface area (TPSA) is 71.1 Å². The average Bonchev–Trinajstić information content (AvgIpc) is 2.49. The van der Waals surface area contributed by atoms with Gasteiger partial charge >= 0.3 is 0 Å². The monoisotopic (exact) mass is 395 g/mol. The van der Waals surface area contributed by atoms with Crippen molar-refractivity contribution in [3.05, 3.63) is 16.7 Å². The lowest BCUT2D eigenvalue weighted by Crippen LogP contribution is -2.39. The fourth-order valence-electron chi connectivity index (χ4n) is 1.98. The Hall–Kier alpha value is -0.310. The lowest BCUT2D eigenvalue weighted by Gasteiger charge is -2.29. The van der Waals surface area contributed by atoms with Gasteiger partial charge in [-0.05, 0) is 41.1 Å². The zero-order valence-corrected chi connectivity index (χ0v) is 16.0. The molecule has 0 aliphatic rings. The van der Waals surface area contributed by atoms with Gasteiger partial charge in [0.1, 0.15) is 10.7 Å². The highest BCUT2D eigenvalue weighted by Crippen LogP contribution is 2.30. The first kappa shape index (κ1) is 18.7. The quantitative estimate of drug-likeness (QED) is 0.707. The number of aromatic nitrogens is 1. The van der Waals surface area contributed by atoms with Crippen molar-refractivity contribution in [2.75, 3.05) is 25.2 Å². The maximum absolute atomic E-state index is 12.5. The summed E-state index contributed by atoms with van der Waals surface area (Å²) in [6, 6.07) is 1.56. The molecule has 5 nitrogen and oxygen atoms in total. The third-order valence-corrected chi connectivity index (χ3v) is 7.09. The number of pyridine rings is 1. The predicted octanol–water partition coefficient (Wildman–Crippen LogP) is 3.09. The summed E-state index contributed by atoms with van der Waals surface area (Å²) in [6.07, 6.45) is 5.39. The minimum absolute atomic E-state index is 0.0771. The van der Waals surface area contributed by atoms with E-state index in [0.717, 1.165) is 12.8 Å². The number of hydrogen-bond donors (Lipinski definition) is 2. The van der Waals surface area contributed by atoms with Crippen LogP contribution in [-0.2, 0) is 10.0 Å². The number of sulfonamides is 1. The van der Waals surface area contributed by atoms with Gasteiger partial charge in [0.05, 0.1) is 0 Å². The van der Waals surface area contributed by atoms with Crippen LogP contribution in [0.1, 0.15) is 26.7 Å². The van der Waals surface area contributed by atoms with Crippen LogP contribution in [0.25, 0.3) is 0 Å². The van der Waals surface area contributed by atoms with Crippen LogP contribution in [0.4, 0.5) is 5.82 Å². The van der Waals surface area contributed by atoms with E-state index in [-0.39, 0.29) is 9.64 Å². The van der Waals surface area contributed by atoms with Crippen LogP contribution in [-0.4, -0.2) is 38.0 Å². The van der Waals surface area contributed by atoms with Crippen molar-refractivity contribution >= 4 is 43.5 Å². The molecule has 120 valence electrons. The number of hydrogen-bond acceptors (Lipinski definition) is 5. The smallest absolute Gasteiger partial charge is 0.244 e. The fraction of sp³-hybridized carbons (Fsp3) is 0.615. The Balaban J connectivity index is 3.05. The van der Waals surface area contributed by atoms with Gasteiger partial charge in [-0.15, -0.1) is 0 Å². The summed E-state index contributed by atoms with van der Waals surface area (Å²) in [7, 11) is -1.96. The van der Waals surface area contributed by atoms with E-state index in [1.54, 1.807) is 31.1 Å². The number of nitrogens with zero attached hydrogens (tertiary/aromatic N) is 1. The Morgan fingerprint density at radius 3 is 2.48 bits per heavy atom. The second-order valence-electron chi connectivity index (χ2n) is 4.67. The molecule has 0 atom stereocenters. The number of halogens is 1. The van der Waals surface area contributed by atoms with Crippen molar-refractivity contribution < 1.29 is 8.42 Å². The van der Waals surface area contributed by atoms with Crippen LogP contribution in [0.2, 0.25) is 0 Å². The van der Waals surface area contributed by atoms with E-state index < -0.39 is 10.0 Å². The number of nitrogens with one attached hydrogen (secondary N) is 2. The Morgan fingerprint density at radius 2 is 2.00 bits per heavy atom. The zero-order chi connectivity index (χ0) is 16.1. The molecule has 0 spiro atoms. The molecule has 0 aliphatic heterocycles. The van der Waals surface area contributed by atoms with Crippen molar-refractivity contribution in [3.63, 3.8) is 0 Å². The third-order valence-electron chi connectivity index (χ3n) is 3.65. The van der Waals surface area contributed by atoms with Crippen molar-refractivity contribution in [3.8, 4) is 0 Å². The fourth-order valence-corrected chi connectivity index (χ4v) is 4.66. The van der Waals surface area contributed by atoms with Gasteiger partial charge in [-0.3, -0.25) is 0 Å². The highest BCUT2D eigenvalue weighted by Gasteiger charge is 2.28. The third kappa shape index (κ3) is 4.58. The highest BCUT2D eigenvalue weighted by molar-refractivity contribution is 9.10. The largest absolute Gasteiger partial charge is 0.372 e. The van der Waals surface area contributed by atoms with Crippen molar-refractivity contribution in [1.82, 2.24) is 9.71 Å². The van der Waals surface area contributed by atoms with Crippen LogP contribution >= 0.6 is 27.7 Å². The molecule has 1 aromatic rings. The molecule has 0 unspecified atom stereocenters. The zero-order valence-electron chi connectivity index (χ0n) is 12.7. The standard InChI is InChI=1S/C13H22BrN3O2S2/c1-5-13(6-2,20-4)9-17-21(18,19)11-7-10(14)8-16-12(11)15-3/h7-8,17H,5-6,9H2,1-4H3,(H,15,16). The molecular weight excluding hydrogens is 374 g/mol. The van der Waals surface area contributed by atoms with Crippen molar-refractivity contribution in [2.45, 2.75) is 36.3 Å². The van der Waals surface area contributed by atoms with Crippen LogP contribution in [0, 0.1) is 0 Å². The molecule has 0 bridgehead atoms. The maximum Gasteiger partial charge on any atom is 0.244 e. The van der Waals surface area contributed by atoms with Gasteiger partial charge in [-0.2, -0.15) is 11.8 Å². The van der Waals surface area contributed by atoms with E-state index in [9.17, 15) is 8.42 Å². The summed E-state index contributed by atoms with van der Waals surface area (Å²) < 4.78 is 28.3. The summed E-state index contributed by atoms with van der Waals surface area (Å²) in [5.74, 6) is 0.341. The van der Waals surface area contributed by atoms with Gasteiger partial charge in [-0.1, -0.05) is 13.8 Å². The van der Waals surface area contributed by atoms with E-state index in [0.29, 0.717) is 16.8 Å². The normalized spacial score (nSPS) is 12.4. The van der Waals surface area contributed by atoms with Gasteiger partial charge in [-0.25, -0.2) is 18.1 Å². The number of thioether (sulfide) groups is 1. The Labute approximate surface area is 139 Å². The van der Waals surface area contributed by atoms with Gasteiger partial charge < -0.3 is 5.32 Å². The highest BCUT2D eigenvalue weighted by atomic mass is 79.9. The molecule has 0 saturated heterocycles. The summed E-state index contributed by atoms with van der Waals surface area (Å²) >= 11 is 4.96. The van der Waals surface area contributed by atoms with Gasteiger partial charge in [0.25, 0.3) is 0 Å². The molecule has 0 radical (unpaired) electrons. The number of rotatable bonds is 8.